The summed E-state index contributed by atoms with van der Waals surface area (Å²) in [6.45, 7) is 1.66. The van der Waals surface area contributed by atoms with Crippen molar-refractivity contribution in [2.45, 2.75) is 6.92 Å². The lowest BCUT2D eigenvalue weighted by Gasteiger charge is -2.01. The third-order valence-corrected chi connectivity index (χ3v) is 2.64. The van der Waals surface area contributed by atoms with Gasteiger partial charge in [0, 0.05) is 6.07 Å². The number of carbonyl (C=O) groups excluding carboxylic acids is 1. The molecule has 0 aliphatic carbocycles. The average molecular weight is 278 g/mol. The minimum Gasteiger partial charge on any atom is -0.276 e. The molecule has 0 saturated carbocycles. The van der Waals surface area contributed by atoms with Gasteiger partial charge in [-0.1, -0.05) is 0 Å². The Kier molecular flexibility index (Phi) is 3.23. The summed E-state index contributed by atoms with van der Waals surface area (Å²) in [5.74, 6) is 0. The van der Waals surface area contributed by atoms with E-state index in [2.05, 4.69) is 15.9 Å². The molecule has 74 valence electrons. The molecule has 0 unspecified atom stereocenters. The molecule has 14 heavy (non-hydrogen) atoms. The Labute approximate surface area is 93.1 Å². The molecule has 0 aliphatic heterocycles. The van der Waals surface area contributed by atoms with Gasteiger partial charge in [-0.25, -0.2) is 0 Å². The van der Waals surface area contributed by atoms with Crippen LogP contribution in [0, 0.1) is 17.0 Å². The molecule has 0 aromatic heterocycles. The van der Waals surface area contributed by atoms with Gasteiger partial charge in [-0.3, -0.25) is 14.9 Å². The van der Waals surface area contributed by atoms with Crippen LogP contribution in [-0.4, -0.2) is 10.2 Å². The van der Waals surface area contributed by atoms with Gasteiger partial charge in [0.15, 0.2) is 0 Å². The fourth-order valence-electron chi connectivity index (χ4n) is 1.03. The second kappa shape index (κ2) is 4.06. The van der Waals surface area contributed by atoms with Crippen LogP contribution >= 0.6 is 27.5 Å². The van der Waals surface area contributed by atoms with E-state index in [1.54, 1.807) is 6.92 Å². The first-order chi connectivity index (χ1) is 6.43. The minimum atomic E-state index is -0.719. The number of hydrogen-bond acceptors (Lipinski definition) is 3. The zero-order valence-corrected chi connectivity index (χ0v) is 9.42. The summed E-state index contributed by atoms with van der Waals surface area (Å²) in [6, 6.07) is 2.86. The van der Waals surface area contributed by atoms with Crippen molar-refractivity contribution in [3.63, 3.8) is 0 Å². The van der Waals surface area contributed by atoms with Gasteiger partial charge in [0.05, 0.1) is 10.5 Å². The van der Waals surface area contributed by atoms with Gasteiger partial charge >= 0.3 is 0 Å². The summed E-state index contributed by atoms with van der Waals surface area (Å²) in [4.78, 5) is 20.9. The number of nitrogens with zero attached hydrogens (tertiary/aromatic N) is 1. The highest BCUT2D eigenvalue weighted by molar-refractivity contribution is 9.10. The van der Waals surface area contributed by atoms with Gasteiger partial charge in [0.2, 0.25) is 0 Å². The van der Waals surface area contributed by atoms with E-state index in [0.717, 1.165) is 0 Å². The van der Waals surface area contributed by atoms with Crippen molar-refractivity contribution in [2.24, 2.45) is 0 Å². The molecule has 4 nitrogen and oxygen atoms in total. The van der Waals surface area contributed by atoms with E-state index in [0.29, 0.717) is 5.56 Å². The molecule has 1 rings (SSSR count). The summed E-state index contributed by atoms with van der Waals surface area (Å²) in [7, 11) is 0. The van der Waals surface area contributed by atoms with Crippen LogP contribution in [0.1, 0.15) is 15.9 Å². The lowest BCUT2D eigenvalue weighted by molar-refractivity contribution is -0.385. The molecule has 0 radical (unpaired) electrons. The number of rotatable bonds is 2. The molecule has 0 atom stereocenters. The Morgan fingerprint density at radius 1 is 1.57 bits per heavy atom. The van der Waals surface area contributed by atoms with Crippen LogP contribution in [0.25, 0.3) is 0 Å². The van der Waals surface area contributed by atoms with E-state index in [-0.39, 0.29) is 15.7 Å². The van der Waals surface area contributed by atoms with E-state index < -0.39 is 10.2 Å². The van der Waals surface area contributed by atoms with Crippen molar-refractivity contribution in [2.75, 3.05) is 0 Å². The maximum Gasteiger partial charge on any atom is 0.284 e. The van der Waals surface area contributed by atoms with Crippen LogP contribution in [0.2, 0.25) is 0 Å². The summed E-state index contributed by atoms with van der Waals surface area (Å²) in [5.41, 5.74) is 0.566. The molecule has 0 heterocycles. The number of carbonyl (C=O) groups is 1. The molecular weight excluding hydrogens is 273 g/mol. The smallest absolute Gasteiger partial charge is 0.276 e. The first-order valence-corrected chi connectivity index (χ1v) is 4.75. The molecule has 0 N–H and O–H groups in total. The summed E-state index contributed by atoms with van der Waals surface area (Å²) in [5, 5.41) is 9.85. The number of aryl methyl sites for hydroxylation is 1. The van der Waals surface area contributed by atoms with Crippen molar-refractivity contribution in [1.29, 1.82) is 0 Å². The number of nitro groups is 1. The maximum absolute atomic E-state index is 10.9. The van der Waals surface area contributed by atoms with Crippen molar-refractivity contribution >= 4 is 38.5 Å². The molecule has 1 aromatic rings. The normalized spacial score (nSPS) is 9.93. The minimum absolute atomic E-state index is 0.110. The molecule has 0 bridgehead atoms. The van der Waals surface area contributed by atoms with Crippen molar-refractivity contribution in [1.82, 2.24) is 0 Å². The fourth-order valence-corrected chi connectivity index (χ4v) is 1.84. The quantitative estimate of drug-likeness (QED) is 0.474. The Morgan fingerprint density at radius 2 is 2.14 bits per heavy atom. The van der Waals surface area contributed by atoms with Gasteiger partial charge < -0.3 is 0 Å². The number of nitro benzene ring substituents is 1. The Hall–Kier alpha value is -0.940. The first kappa shape index (κ1) is 11.1. The number of halogens is 2. The predicted octanol–water partition coefficient (Wildman–Crippen LogP) is 3.04. The van der Waals surface area contributed by atoms with Gasteiger partial charge in [0.25, 0.3) is 10.9 Å². The highest BCUT2D eigenvalue weighted by Gasteiger charge is 2.19. The highest BCUT2D eigenvalue weighted by Crippen LogP contribution is 2.30. The van der Waals surface area contributed by atoms with Gasteiger partial charge in [0.1, 0.15) is 4.47 Å². The standard InChI is InChI=1S/C8H5BrClNO3/c1-4-2-5(8(10)12)7(9)6(3-4)11(13)14/h2-3H,1H3. The van der Waals surface area contributed by atoms with E-state index in [1.165, 1.54) is 12.1 Å². The molecule has 6 heteroatoms. The van der Waals surface area contributed by atoms with Gasteiger partial charge in [-0.05, 0) is 46.1 Å². The van der Waals surface area contributed by atoms with Crippen LogP contribution in [-0.2, 0) is 0 Å². The summed E-state index contributed by atoms with van der Waals surface area (Å²) < 4.78 is 0.119. The maximum atomic E-state index is 10.9. The molecule has 0 aliphatic rings. The van der Waals surface area contributed by atoms with Crippen LogP contribution < -0.4 is 0 Å². The largest absolute Gasteiger partial charge is 0.284 e. The zero-order chi connectivity index (χ0) is 10.9. The van der Waals surface area contributed by atoms with Crippen LogP contribution in [0.5, 0.6) is 0 Å². The van der Waals surface area contributed by atoms with Crippen LogP contribution in [0.3, 0.4) is 0 Å². The monoisotopic (exact) mass is 277 g/mol. The van der Waals surface area contributed by atoms with Crippen molar-refractivity contribution in [3.05, 3.63) is 37.8 Å². The molecule has 0 spiro atoms. The molecule has 0 saturated heterocycles. The van der Waals surface area contributed by atoms with Crippen molar-refractivity contribution in [3.8, 4) is 0 Å². The second-order valence-electron chi connectivity index (χ2n) is 2.68. The van der Waals surface area contributed by atoms with E-state index in [1.807, 2.05) is 0 Å². The van der Waals surface area contributed by atoms with Crippen LogP contribution in [0.15, 0.2) is 16.6 Å². The fraction of sp³-hybridized carbons (Fsp3) is 0.125. The molecule has 1 aromatic carbocycles. The van der Waals surface area contributed by atoms with E-state index in [4.69, 9.17) is 11.6 Å². The second-order valence-corrected chi connectivity index (χ2v) is 3.81. The number of hydrogen-bond donors (Lipinski definition) is 0. The molecular formula is C8H5BrClNO3. The lowest BCUT2D eigenvalue weighted by Crippen LogP contribution is -1.97. The first-order valence-electron chi connectivity index (χ1n) is 3.58. The topological polar surface area (TPSA) is 60.2 Å². The third kappa shape index (κ3) is 2.10. The van der Waals surface area contributed by atoms with Crippen molar-refractivity contribution < 1.29 is 9.72 Å². The predicted molar refractivity (Wildman–Crippen MR) is 55.7 cm³/mol. The zero-order valence-electron chi connectivity index (χ0n) is 7.08. The molecule has 0 fully saturated rings. The molecule has 0 amide bonds. The summed E-state index contributed by atoms with van der Waals surface area (Å²) >= 11 is 8.24. The Bertz CT molecular complexity index is 384. The number of benzene rings is 1. The third-order valence-electron chi connectivity index (χ3n) is 1.61. The van der Waals surface area contributed by atoms with E-state index in [9.17, 15) is 14.9 Å². The van der Waals surface area contributed by atoms with Crippen LogP contribution in [0.4, 0.5) is 5.69 Å². The lowest BCUT2D eigenvalue weighted by atomic mass is 10.1. The SMILES string of the molecule is Cc1cc(C(=O)Cl)c(Br)c([N+](=O)[O-])c1. The van der Waals surface area contributed by atoms with Gasteiger partial charge in [-0.2, -0.15) is 0 Å². The Balaban J connectivity index is 3.47. The van der Waals surface area contributed by atoms with E-state index >= 15 is 0 Å². The Morgan fingerprint density at radius 3 is 2.57 bits per heavy atom. The van der Waals surface area contributed by atoms with Gasteiger partial charge in [-0.15, -0.1) is 0 Å². The summed E-state index contributed by atoms with van der Waals surface area (Å²) in [6.07, 6.45) is 0. The highest BCUT2D eigenvalue weighted by atomic mass is 79.9. The average Bonchev–Trinajstić information content (AvgIpc) is 2.07.